The highest BCUT2D eigenvalue weighted by Gasteiger charge is 2.15. The fourth-order valence-corrected chi connectivity index (χ4v) is 4.52. The summed E-state index contributed by atoms with van der Waals surface area (Å²) in [5, 5.41) is 5.70. The van der Waals surface area contributed by atoms with Crippen LogP contribution in [0.3, 0.4) is 0 Å². The summed E-state index contributed by atoms with van der Waals surface area (Å²) >= 11 is 5.29. The summed E-state index contributed by atoms with van der Waals surface area (Å²) in [5.74, 6) is 1.61. The molecule has 2 rings (SSSR count). The summed E-state index contributed by atoms with van der Waals surface area (Å²) in [6.45, 7) is 8.99. The highest BCUT2D eigenvalue weighted by molar-refractivity contribution is 8.00. The van der Waals surface area contributed by atoms with Gasteiger partial charge < -0.3 is 0 Å². The second kappa shape index (κ2) is 7.75. The molecule has 5 heteroatoms. The topological polar surface area (TPSA) is 25.8 Å². The molecule has 0 fully saturated rings. The van der Waals surface area contributed by atoms with Crippen LogP contribution in [-0.4, -0.2) is 16.2 Å². The van der Waals surface area contributed by atoms with E-state index in [9.17, 15) is 0 Å². The highest BCUT2D eigenvalue weighted by Crippen LogP contribution is 2.31. The molecular formula is C16H24N2S3. The Bertz CT molecular complexity index is 559. The van der Waals surface area contributed by atoms with Gasteiger partial charge in [0.1, 0.15) is 4.34 Å². The van der Waals surface area contributed by atoms with Crippen LogP contribution in [0, 0.1) is 0 Å². The SMILES string of the molecule is CSc1nc(C(C)CCC(C)c2csc(C(C)C)n2)cs1. The minimum Gasteiger partial charge on any atom is -0.246 e. The molecule has 116 valence electrons. The lowest BCUT2D eigenvalue weighted by Crippen LogP contribution is -2.00. The zero-order valence-corrected chi connectivity index (χ0v) is 15.9. The van der Waals surface area contributed by atoms with Crippen molar-refractivity contribution in [3.63, 3.8) is 0 Å². The lowest BCUT2D eigenvalue weighted by Gasteiger charge is -2.12. The molecule has 2 unspecified atom stereocenters. The van der Waals surface area contributed by atoms with E-state index < -0.39 is 0 Å². The van der Waals surface area contributed by atoms with Gasteiger partial charge in [-0.1, -0.05) is 39.5 Å². The summed E-state index contributed by atoms with van der Waals surface area (Å²) in [6.07, 6.45) is 4.44. The normalized spacial score (nSPS) is 14.6. The Hall–Kier alpha value is -0.390. The average Bonchev–Trinajstić information content (AvgIpc) is 3.12. The minimum absolute atomic E-state index is 0.535. The van der Waals surface area contributed by atoms with Crippen molar-refractivity contribution < 1.29 is 0 Å². The van der Waals surface area contributed by atoms with Gasteiger partial charge in [0, 0.05) is 16.7 Å². The molecule has 2 atom stereocenters. The summed E-state index contributed by atoms with van der Waals surface area (Å²) in [7, 11) is 0. The number of rotatable bonds is 7. The molecule has 2 aromatic heterocycles. The Morgan fingerprint density at radius 1 is 0.952 bits per heavy atom. The number of hydrogen-bond donors (Lipinski definition) is 0. The van der Waals surface area contributed by atoms with E-state index in [4.69, 9.17) is 4.98 Å². The second-order valence-electron chi connectivity index (χ2n) is 5.89. The Morgan fingerprint density at radius 2 is 1.52 bits per heavy atom. The highest BCUT2D eigenvalue weighted by atomic mass is 32.2. The van der Waals surface area contributed by atoms with Gasteiger partial charge in [-0.3, -0.25) is 0 Å². The maximum absolute atomic E-state index is 4.78. The van der Waals surface area contributed by atoms with Crippen molar-refractivity contribution in [3.8, 4) is 0 Å². The van der Waals surface area contributed by atoms with E-state index in [2.05, 4.69) is 49.7 Å². The van der Waals surface area contributed by atoms with E-state index in [1.54, 1.807) is 34.4 Å². The van der Waals surface area contributed by atoms with E-state index in [1.165, 1.54) is 33.6 Å². The first-order valence-corrected chi connectivity index (χ1v) is 10.4. The molecule has 2 heterocycles. The molecule has 0 saturated heterocycles. The van der Waals surface area contributed by atoms with Crippen LogP contribution in [0.5, 0.6) is 0 Å². The first-order valence-electron chi connectivity index (χ1n) is 7.46. The molecule has 0 amide bonds. The van der Waals surface area contributed by atoms with Crippen molar-refractivity contribution in [3.05, 3.63) is 27.2 Å². The van der Waals surface area contributed by atoms with Crippen molar-refractivity contribution in [2.24, 2.45) is 0 Å². The lowest BCUT2D eigenvalue weighted by atomic mass is 9.95. The van der Waals surface area contributed by atoms with Crippen LogP contribution in [0.4, 0.5) is 0 Å². The quantitative estimate of drug-likeness (QED) is 0.567. The van der Waals surface area contributed by atoms with Crippen molar-refractivity contribution in [2.75, 3.05) is 6.26 Å². The maximum Gasteiger partial charge on any atom is 0.149 e. The number of aromatic nitrogens is 2. The monoisotopic (exact) mass is 340 g/mol. The van der Waals surface area contributed by atoms with Crippen LogP contribution in [-0.2, 0) is 0 Å². The molecule has 0 bridgehead atoms. The molecule has 2 nitrogen and oxygen atoms in total. The minimum atomic E-state index is 0.535. The van der Waals surface area contributed by atoms with Crippen molar-refractivity contribution in [1.29, 1.82) is 0 Å². The Morgan fingerprint density at radius 3 is 2.00 bits per heavy atom. The van der Waals surface area contributed by atoms with Gasteiger partial charge in [0.25, 0.3) is 0 Å². The maximum atomic E-state index is 4.78. The van der Waals surface area contributed by atoms with Crippen molar-refractivity contribution in [2.45, 2.75) is 62.6 Å². The predicted molar refractivity (Wildman–Crippen MR) is 96.2 cm³/mol. The molecule has 21 heavy (non-hydrogen) atoms. The van der Waals surface area contributed by atoms with Gasteiger partial charge >= 0.3 is 0 Å². The third-order valence-corrected chi connectivity index (χ3v) is 6.80. The van der Waals surface area contributed by atoms with Gasteiger partial charge in [0.15, 0.2) is 0 Å². The Kier molecular flexibility index (Phi) is 6.26. The number of hydrogen-bond acceptors (Lipinski definition) is 5. The summed E-state index contributed by atoms with van der Waals surface area (Å²) in [6, 6.07) is 0. The van der Waals surface area contributed by atoms with Gasteiger partial charge in [-0.05, 0) is 30.9 Å². The molecule has 0 aliphatic carbocycles. The van der Waals surface area contributed by atoms with Crippen molar-refractivity contribution in [1.82, 2.24) is 9.97 Å². The fraction of sp³-hybridized carbons (Fsp3) is 0.625. The second-order valence-corrected chi connectivity index (χ2v) is 8.69. The van der Waals surface area contributed by atoms with E-state index in [-0.39, 0.29) is 0 Å². The van der Waals surface area contributed by atoms with E-state index in [0.717, 1.165) is 0 Å². The first-order chi connectivity index (χ1) is 10.0. The summed E-state index contributed by atoms with van der Waals surface area (Å²) < 4.78 is 1.17. The summed E-state index contributed by atoms with van der Waals surface area (Å²) in [5.41, 5.74) is 2.51. The van der Waals surface area contributed by atoms with Gasteiger partial charge in [-0.25, -0.2) is 9.97 Å². The third kappa shape index (κ3) is 4.54. The molecule has 0 spiro atoms. The molecule has 0 aliphatic heterocycles. The average molecular weight is 341 g/mol. The van der Waals surface area contributed by atoms with Crippen LogP contribution in [0.2, 0.25) is 0 Å². The zero-order chi connectivity index (χ0) is 15.4. The van der Waals surface area contributed by atoms with Gasteiger partial charge in [-0.15, -0.1) is 22.7 Å². The molecule has 0 aromatic carbocycles. The number of nitrogens with zero attached hydrogens (tertiary/aromatic N) is 2. The molecular weight excluding hydrogens is 316 g/mol. The smallest absolute Gasteiger partial charge is 0.149 e. The van der Waals surface area contributed by atoms with Gasteiger partial charge in [-0.2, -0.15) is 0 Å². The summed E-state index contributed by atoms with van der Waals surface area (Å²) in [4.78, 5) is 9.45. The lowest BCUT2D eigenvalue weighted by molar-refractivity contribution is 0.558. The molecule has 0 radical (unpaired) electrons. The Balaban J connectivity index is 1.89. The zero-order valence-electron chi connectivity index (χ0n) is 13.4. The Labute approximate surface area is 140 Å². The van der Waals surface area contributed by atoms with Crippen LogP contribution in [0.15, 0.2) is 15.1 Å². The number of thioether (sulfide) groups is 1. The van der Waals surface area contributed by atoms with Crippen LogP contribution in [0.25, 0.3) is 0 Å². The third-order valence-electron chi connectivity index (χ3n) is 3.75. The van der Waals surface area contributed by atoms with Crippen LogP contribution in [0.1, 0.15) is 74.7 Å². The van der Waals surface area contributed by atoms with Gasteiger partial charge in [0.05, 0.1) is 16.4 Å². The van der Waals surface area contributed by atoms with E-state index in [0.29, 0.717) is 17.8 Å². The van der Waals surface area contributed by atoms with Crippen LogP contribution >= 0.6 is 34.4 Å². The molecule has 0 N–H and O–H groups in total. The fourth-order valence-electron chi connectivity index (χ4n) is 2.18. The van der Waals surface area contributed by atoms with E-state index in [1.807, 2.05) is 0 Å². The first kappa shape index (κ1) is 17.0. The standard InChI is InChI=1S/C16H24N2S3/c1-10(2)15-17-13(8-20-15)11(3)6-7-12(4)14-9-21-16(18-14)19-5/h8-12H,6-7H2,1-5H3. The molecule has 0 saturated carbocycles. The number of thiazole rings is 2. The molecule has 2 aromatic rings. The van der Waals surface area contributed by atoms with Crippen molar-refractivity contribution >= 4 is 34.4 Å². The predicted octanol–water partition coefficient (Wildman–Crippen LogP) is 6.13. The van der Waals surface area contributed by atoms with E-state index >= 15 is 0 Å². The largest absolute Gasteiger partial charge is 0.246 e. The molecule has 0 aliphatic rings. The van der Waals surface area contributed by atoms with Crippen LogP contribution < -0.4 is 0 Å². The van der Waals surface area contributed by atoms with Gasteiger partial charge in [0.2, 0.25) is 0 Å².